The Hall–Kier alpha value is -2.40. The van der Waals surface area contributed by atoms with E-state index in [4.69, 9.17) is 0 Å². The summed E-state index contributed by atoms with van der Waals surface area (Å²) in [6, 6.07) is 16.8. The Balaban J connectivity index is 1.99. The fourth-order valence-electron chi connectivity index (χ4n) is 2.18. The van der Waals surface area contributed by atoms with Gasteiger partial charge in [-0.1, -0.05) is 30.3 Å². The maximum absolute atomic E-state index is 11.5. The van der Waals surface area contributed by atoms with Gasteiger partial charge < -0.3 is 0 Å². The molecule has 1 N–H and O–H groups in total. The number of H-pyrrole nitrogens is 1. The first-order chi connectivity index (χ1) is 10.0. The zero-order valence-corrected chi connectivity index (χ0v) is 12.3. The molecule has 0 saturated carbocycles. The summed E-state index contributed by atoms with van der Waals surface area (Å²) in [5.74, 6) is 0. The highest BCUT2D eigenvalue weighted by Crippen LogP contribution is 2.26. The third-order valence-electron chi connectivity index (χ3n) is 3.29. The van der Waals surface area contributed by atoms with Crippen molar-refractivity contribution < 1.29 is 8.42 Å². The summed E-state index contributed by atoms with van der Waals surface area (Å²) in [7, 11) is -3.16. The molecule has 1 aromatic heterocycles. The van der Waals surface area contributed by atoms with Crippen molar-refractivity contribution in [1.29, 1.82) is 0 Å². The lowest BCUT2D eigenvalue weighted by molar-refractivity contribution is 0.602. The number of rotatable bonds is 3. The summed E-state index contributed by atoms with van der Waals surface area (Å²) in [5, 5.41) is 6.88. The molecule has 4 nitrogen and oxygen atoms in total. The van der Waals surface area contributed by atoms with Crippen LogP contribution < -0.4 is 0 Å². The molecule has 106 valence electrons. The molecule has 3 aromatic rings. The minimum absolute atomic E-state index is 0.330. The van der Waals surface area contributed by atoms with Gasteiger partial charge in [0.2, 0.25) is 0 Å². The molecule has 1 heterocycles. The fraction of sp³-hybridized carbons (Fsp3) is 0.0625. The van der Waals surface area contributed by atoms with Gasteiger partial charge in [0.1, 0.15) is 0 Å². The van der Waals surface area contributed by atoms with Crippen LogP contribution >= 0.6 is 0 Å². The lowest BCUT2D eigenvalue weighted by Gasteiger charge is -2.05. The quantitative estimate of drug-likeness (QED) is 0.808. The van der Waals surface area contributed by atoms with E-state index in [0.717, 1.165) is 22.4 Å². The van der Waals surface area contributed by atoms with E-state index in [1.54, 1.807) is 18.3 Å². The molecule has 3 rings (SSSR count). The summed E-state index contributed by atoms with van der Waals surface area (Å²) in [6.07, 6.45) is 2.92. The monoisotopic (exact) mass is 298 g/mol. The molecule has 21 heavy (non-hydrogen) atoms. The van der Waals surface area contributed by atoms with E-state index in [1.807, 2.05) is 42.5 Å². The highest BCUT2D eigenvalue weighted by Gasteiger charge is 2.07. The molecule has 0 spiro atoms. The van der Waals surface area contributed by atoms with Crippen LogP contribution in [0.4, 0.5) is 0 Å². The van der Waals surface area contributed by atoms with Gasteiger partial charge in [-0.15, -0.1) is 0 Å². The molecular formula is C16H14N2O2S. The zero-order valence-electron chi connectivity index (χ0n) is 11.4. The van der Waals surface area contributed by atoms with E-state index >= 15 is 0 Å². The van der Waals surface area contributed by atoms with Crippen LogP contribution in [0.3, 0.4) is 0 Å². The SMILES string of the molecule is CS(=O)(=O)c1ccc(-c2cccc(-c3ccn[nH]3)c2)cc1. The van der Waals surface area contributed by atoms with Crippen molar-refractivity contribution in [2.75, 3.05) is 6.26 Å². The van der Waals surface area contributed by atoms with Gasteiger partial charge in [-0.2, -0.15) is 5.10 Å². The first-order valence-electron chi connectivity index (χ1n) is 6.44. The largest absolute Gasteiger partial charge is 0.278 e. The van der Waals surface area contributed by atoms with Gasteiger partial charge in [-0.25, -0.2) is 8.42 Å². The van der Waals surface area contributed by atoms with Crippen molar-refractivity contribution in [3.05, 3.63) is 60.8 Å². The van der Waals surface area contributed by atoms with Gasteiger partial charge >= 0.3 is 0 Å². The lowest BCUT2D eigenvalue weighted by Crippen LogP contribution is -1.96. The van der Waals surface area contributed by atoms with Crippen LogP contribution in [-0.4, -0.2) is 24.9 Å². The summed E-state index contributed by atoms with van der Waals surface area (Å²) >= 11 is 0. The van der Waals surface area contributed by atoms with Crippen LogP contribution in [0.5, 0.6) is 0 Å². The molecule has 2 aromatic carbocycles. The Kier molecular flexibility index (Phi) is 3.35. The van der Waals surface area contributed by atoms with E-state index in [-0.39, 0.29) is 0 Å². The second-order valence-corrected chi connectivity index (χ2v) is 6.86. The van der Waals surface area contributed by atoms with Gasteiger partial charge in [-0.05, 0) is 35.4 Å². The van der Waals surface area contributed by atoms with E-state index in [1.165, 1.54) is 6.26 Å². The van der Waals surface area contributed by atoms with Gasteiger partial charge in [0.25, 0.3) is 0 Å². The lowest BCUT2D eigenvalue weighted by atomic mass is 10.0. The summed E-state index contributed by atoms with van der Waals surface area (Å²) < 4.78 is 23.0. The number of aromatic nitrogens is 2. The Bertz CT molecular complexity index is 852. The predicted octanol–water partition coefficient (Wildman–Crippen LogP) is 3.15. The predicted molar refractivity (Wildman–Crippen MR) is 82.6 cm³/mol. The van der Waals surface area contributed by atoms with Crippen LogP contribution in [0.25, 0.3) is 22.4 Å². The number of hydrogen-bond donors (Lipinski definition) is 1. The van der Waals surface area contributed by atoms with Gasteiger partial charge in [0, 0.05) is 18.0 Å². The van der Waals surface area contributed by atoms with Crippen molar-refractivity contribution in [3.63, 3.8) is 0 Å². The van der Waals surface area contributed by atoms with E-state index in [9.17, 15) is 8.42 Å². The summed E-state index contributed by atoms with van der Waals surface area (Å²) in [4.78, 5) is 0.330. The van der Waals surface area contributed by atoms with Crippen molar-refractivity contribution >= 4 is 9.84 Å². The van der Waals surface area contributed by atoms with Crippen LogP contribution in [0.15, 0.2) is 65.7 Å². The fourth-order valence-corrected chi connectivity index (χ4v) is 2.81. The molecule has 0 aliphatic carbocycles. The van der Waals surface area contributed by atoms with Gasteiger partial charge in [-0.3, -0.25) is 5.10 Å². The first-order valence-corrected chi connectivity index (χ1v) is 8.33. The number of nitrogens with one attached hydrogen (secondary N) is 1. The first kappa shape index (κ1) is 13.6. The maximum atomic E-state index is 11.5. The van der Waals surface area contributed by atoms with Crippen molar-refractivity contribution in [2.24, 2.45) is 0 Å². The Morgan fingerprint density at radius 2 is 1.62 bits per heavy atom. The van der Waals surface area contributed by atoms with Gasteiger partial charge in [0.15, 0.2) is 9.84 Å². The third kappa shape index (κ3) is 2.87. The van der Waals surface area contributed by atoms with Crippen LogP contribution in [0, 0.1) is 0 Å². The summed E-state index contributed by atoms with van der Waals surface area (Å²) in [5.41, 5.74) is 3.99. The number of nitrogens with zero attached hydrogens (tertiary/aromatic N) is 1. The van der Waals surface area contributed by atoms with Crippen LogP contribution in [-0.2, 0) is 9.84 Å². The standard InChI is InChI=1S/C16H14N2O2S/c1-21(19,20)15-7-5-12(6-8-15)13-3-2-4-14(11-13)16-9-10-17-18-16/h2-11H,1H3,(H,17,18). The van der Waals surface area contributed by atoms with Crippen LogP contribution in [0.1, 0.15) is 0 Å². The topological polar surface area (TPSA) is 62.8 Å². The zero-order chi connectivity index (χ0) is 14.9. The molecule has 0 bridgehead atoms. The molecule has 0 atom stereocenters. The molecule has 0 fully saturated rings. The van der Waals surface area contributed by atoms with E-state index in [0.29, 0.717) is 4.90 Å². The molecule has 5 heteroatoms. The number of benzene rings is 2. The Morgan fingerprint density at radius 1 is 0.905 bits per heavy atom. The molecule has 0 aliphatic heterocycles. The van der Waals surface area contributed by atoms with Gasteiger partial charge in [0.05, 0.1) is 10.6 Å². The van der Waals surface area contributed by atoms with E-state index < -0.39 is 9.84 Å². The highest BCUT2D eigenvalue weighted by atomic mass is 32.2. The molecular weight excluding hydrogens is 284 g/mol. The van der Waals surface area contributed by atoms with Crippen molar-refractivity contribution in [3.8, 4) is 22.4 Å². The van der Waals surface area contributed by atoms with E-state index in [2.05, 4.69) is 10.2 Å². The average Bonchev–Trinajstić information content (AvgIpc) is 3.01. The van der Waals surface area contributed by atoms with Crippen molar-refractivity contribution in [2.45, 2.75) is 4.90 Å². The minimum Gasteiger partial charge on any atom is -0.278 e. The number of hydrogen-bond acceptors (Lipinski definition) is 3. The third-order valence-corrected chi connectivity index (χ3v) is 4.42. The van der Waals surface area contributed by atoms with Crippen molar-refractivity contribution in [1.82, 2.24) is 10.2 Å². The smallest absolute Gasteiger partial charge is 0.175 e. The second kappa shape index (κ2) is 5.18. The molecule has 0 amide bonds. The Labute approximate surface area is 123 Å². The van der Waals surface area contributed by atoms with Crippen LogP contribution in [0.2, 0.25) is 0 Å². The Morgan fingerprint density at radius 3 is 2.24 bits per heavy atom. The normalized spacial score (nSPS) is 11.5. The maximum Gasteiger partial charge on any atom is 0.175 e. The molecule has 0 unspecified atom stereocenters. The number of aromatic amines is 1. The summed E-state index contributed by atoms with van der Waals surface area (Å²) in [6.45, 7) is 0. The number of sulfone groups is 1. The second-order valence-electron chi connectivity index (χ2n) is 4.85. The minimum atomic E-state index is -3.16. The molecule has 0 radical (unpaired) electrons. The molecule has 0 saturated heterocycles. The highest BCUT2D eigenvalue weighted by molar-refractivity contribution is 7.90. The average molecular weight is 298 g/mol. The molecule has 0 aliphatic rings.